The number of aromatic nitrogens is 1. The zero-order valence-corrected chi connectivity index (χ0v) is 11.7. The summed E-state index contributed by atoms with van der Waals surface area (Å²) in [6.07, 6.45) is 3.87. The van der Waals surface area contributed by atoms with E-state index in [1.54, 1.807) is 12.1 Å². The predicted octanol–water partition coefficient (Wildman–Crippen LogP) is -0.128. The number of nitrogens with two attached hydrogens (primary N) is 2. The molecule has 1 atom stereocenters. The van der Waals surface area contributed by atoms with Gasteiger partial charge in [-0.05, 0) is 31.4 Å². The van der Waals surface area contributed by atoms with Crippen molar-refractivity contribution in [1.29, 1.82) is 0 Å². The number of nitrogens with zero attached hydrogens (tertiary/aromatic N) is 2. The fourth-order valence-corrected chi connectivity index (χ4v) is 2.43. The molecule has 1 aromatic heterocycles. The van der Waals surface area contributed by atoms with Gasteiger partial charge in [0.05, 0.1) is 12.1 Å². The number of hydrogen-bond donors (Lipinski definition) is 2. The maximum atomic E-state index is 12.7. The van der Waals surface area contributed by atoms with Crippen molar-refractivity contribution >= 4 is 11.8 Å². The van der Waals surface area contributed by atoms with Crippen LogP contribution < -0.4 is 11.5 Å². The van der Waals surface area contributed by atoms with Crippen molar-refractivity contribution < 1.29 is 9.59 Å². The zero-order valence-electron chi connectivity index (χ0n) is 11.7. The molecule has 2 heterocycles. The first-order valence-corrected chi connectivity index (χ1v) is 6.89. The van der Waals surface area contributed by atoms with Gasteiger partial charge in [-0.15, -0.1) is 0 Å². The van der Waals surface area contributed by atoms with Crippen molar-refractivity contribution in [1.82, 2.24) is 9.88 Å². The molecule has 1 unspecified atom stereocenters. The fourth-order valence-electron chi connectivity index (χ4n) is 2.43. The number of pyridine rings is 1. The Kier molecular flexibility index (Phi) is 4.90. The molecule has 2 amide bonds. The van der Waals surface area contributed by atoms with Gasteiger partial charge >= 0.3 is 0 Å². The Balaban J connectivity index is 2.32. The lowest BCUT2D eigenvalue weighted by atomic mass is 10.0. The van der Waals surface area contributed by atoms with E-state index >= 15 is 0 Å². The molecule has 0 aromatic carbocycles. The second kappa shape index (κ2) is 6.86. The Bertz CT molecular complexity index is 603. The standard InChI is InChI=1S/C15H18N4O2/c16-8-3-5-11-6-4-9-18-13(11)15(21)19-10-2-1-7-12(19)14(17)20/h4,6,9,12H,1-2,7-8,10,16H2,(H2,17,20). The van der Waals surface area contributed by atoms with E-state index in [0.717, 1.165) is 12.8 Å². The van der Waals surface area contributed by atoms with Crippen LogP contribution in [0.15, 0.2) is 18.3 Å². The lowest BCUT2D eigenvalue weighted by molar-refractivity contribution is -0.123. The number of likely N-dealkylation sites (tertiary alicyclic amines) is 1. The first-order valence-electron chi connectivity index (χ1n) is 6.89. The van der Waals surface area contributed by atoms with Crippen LogP contribution in [0.25, 0.3) is 0 Å². The molecule has 0 saturated carbocycles. The van der Waals surface area contributed by atoms with Crippen LogP contribution in [0.2, 0.25) is 0 Å². The molecule has 6 nitrogen and oxygen atoms in total. The highest BCUT2D eigenvalue weighted by Crippen LogP contribution is 2.20. The zero-order chi connectivity index (χ0) is 15.2. The summed E-state index contributed by atoms with van der Waals surface area (Å²) in [7, 11) is 0. The highest BCUT2D eigenvalue weighted by molar-refractivity contribution is 5.97. The van der Waals surface area contributed by atoms with Crippen LogP contribution in [0.4, 0.5) is 0 Å². The average Bonchev–Trinajstić information content (AvgIpc) is 2.52. The molecular weight excluding hydrogens is 268 g/mol. The minimum absolute atomic E-state index is 0.205. The minimum atomic E-state index is -0.566. The van der Waals surface area contributed by atoms with Gasteiger partial charge in [-0.3, -0.25) is 9.59 Å². The second-order valence-electron chi connectivity index (χ2n) is 4.82. The van der Waals surface area contributed by atoms with Gasteiger partial charge in [-0.25, -0.2) is 4.98 Å². The van der Waals surface area contributed by atoms with E-state index in [9.17, 15) is 9.59 Å². The highest BCUT2D eigenvalue weighted by Gasteiger charge is 2.32. The summed E-state index contributed by atoms with van der Waals surface area (Å²) in [6, 6.07) is 2.86. The van der Waals surface area contributed by atoms with Crippen LogP contribution in [0.1, 0.15) is 35.3 Å². The molecule has 110 valence electrons. The molecule has 0 spiro atoms. The van der Waals surface area contributed by atoms with Gasteiger partial charge in [-0.1, -0.05) is 11.8 Å². The summed E-state index contributed by atoms with van der Waals surface area (Å²) in [6.45, 7) is 0.711. The van der Waals surface area contributed by atoms with Crippen molar-refractivity contribution in [2.75, 3.05) is 13.1 Å². The highest BCUT2D eigenvalue weighted by atomic mass is 16.2. The number of piperidine rings is 1. The van der Waals surface area contributed by atoms with Gasteiger partial charge in [0.25, 0.3) is 5.91 Å². The van der Waals surface area contributed by atoms with E-state index in [1.165, 1.54) is 11.1 Å². The van der Waals surface area contributed by atoms with E-state index < -0.39 is 11.9 Å². The number of amides is 2. The van der Waals surface area contributed by atoms with E-state index in [0.29, 0.717) is 18.5 Å². The van der Waals surface area contributed by atoms with E-state index in [1.807, 2.05) is 0 Å². The molecule has 1 fully saturated rings. The summed E-state index contributed by atoms with van der Waals surface area (Å²) in [4.78, 5) is 29.8. The van der Waals surface area contributed by atoms with Crippen molar-refractivity contribution in [3.05, 3.63) is 29.6 Å². The SMILES string of the molecule is NCC#Cc1cccnc1C(=O)N1CCCCC1C(N)=O. The molecule has 0 aliphatic carbocycles. The smallest absolute Gasteiger partial charge is 0.274 e. The second-order valence-corrected chi connectivity index (χ2v) is 4.82. The maximum Gasteiger partial charge on any atom is 0.274 e. The fraction of sp³-hybridized carbons (Fsp3) is 0.400. The summed E-state index contributed by atoms with van der Waals surface area (Å²) in [5, 5.41) is 0. The third kappa shape index (κ3) is 3.38. The van der Waals surface area contributed by atoms with E-state index in [-0.39, 0.29) is 18.1 Å². The number of carbonyl (C=O) groups is 2. The largest absolute Gasteiger partial charge is 0.368 e. The number of rotatable bonds is 2. The molecule has 0 bridgehead atoms. The van der Waals surface area contributed by atoms with Gasteiger partial charge in [0.2, 0.25) is 5.91 Å². The van der Waals surface area contributed by atoms with Crippen LogP contribution in [0, 0.1) is 11.8 Å². The first-order chi connectivity index (χ1) is 10.1. The summed E-state index contributed by atoms with van der Waals surface area (Å²) in [5.74, 6) is 4.76. The summed E-state index contributed by atoms with van der Waals surface area (Å²) >= 11 is 0. The Morgan fingerprint density at radius 2 is 2.24 bits per heavy atom. The van der Waals surface area contributed by atoms with Crippen molar-refractivity contribution in [2.45, 2.75) is 25.3 Å². The van der Waals surface area contributed by atoms with Crippen LogP contribution in [0.3, 0.4) is 0 Å². The predicted molar refractivity (Wildman–Crippen MR) is 78.0 cm³/mol. The third-order valence-corrected chi connectivity index (χ3v) is 3.43. The molecule has 1 aliphatic heterocycles. The summed E-state index contributed by atoms with van der Waals surface area (Å²) in [5.41, 5.74) is 11.5. The van der Waals surface area contributed by atoms with E-state index in [4.69, 9.17) is 11.5 Å². The molecule has 21 heavy (non-hydrogen) atoms. The molecule has 2 rings (SSSR count). The molecule has 1 aliphatic rings. The topological polar surface area (TPSA) is 102 Å². The number of primary amides is 1. The van der Waals surface area contributed by atoms with Gasteiger partial charge in [0.1, 0.15) is 11.7 Å². The molecule has 0 radical (unpaired) electrons. The number of hydrogen-bond acceptors (Lipinski definition) is 4. The first kappa shape index (κ1) is 15.0. The van der Waals surface area contributed by atoms with Crippen LogP contribution in [0.5, 0.6) is 0 Å². The lowest BCUT2D eigenvalue weighted by Crippen LogP contribution is -2.50. The van der Waals surface area contributed by atoms with Crippen molar-refractivity contribution in [3.8, 4) is 11.8 Å². The quantitative estimate of drug-likeness (QED) is 0.739. The Morgan fingerprint density at radius 1 is 1.43 bits per heavy atom. The Labute approximate surface area is 123 Å². The maximum absolute atomic E-state index is 12.7. The normalized spacial score (nSPS) is 17.8. The minimum Gasteiger partial charge on any atom is -0.368 e. The van der Waals surface area contributed by atoms with Gasteiger partial charge in [-0.2, -0.15) is 0 Å². The molecule has 1 saturated heterocycles. The van der Waals surface area contributed by atoms with Crippen LogP contribution >= 0.6 is 0 Å². The molecule has 4 N–H and O–H groups in total. The monoisotopic (exact) mass is 286 g/mol. The summed E-state index contributed by atoms with van der Waals surface area (Å²) < 4.78 is 0. The molecular formula is C15H18N4O2. The van der Waals surface area contributed by atoms with E-state index in [2.05, 4.69) is 16.8 Å². The molecule has 6 heteroatoms. The molecule has 1 aromatic rings. The third-order valence-electron chi connectivity index (χ3n) is 3.43. The average molecular weight is 286 g/mol. The van der Waals surface area contributed by atoms with Gasteiger partial charge in [0, 0.05) is 12.7 Å². The van der Waals surface area contributed by atoms with Gasteiger partial charge in [0.15, 0.2) is 0 Å². The van der Waals surface area contributed by atoms with Crippen molar-refractivity contribution in [3.63, 3.8) is 0 Å². The van der Waals surface area contributed by atoms with Crippen LogP contribution in [-0.2, 0) is 4.79 Å². The van der Waals surface area contributed by atoms with Crippen molar-refractivity contribution in [2.24, 2.45) is 11.5 Å². The van der Waals surface area contributed by atoms with Gasteiger partial charge < -0.3 is 16.4 Å². The van der Waals surface area contributed by atoms with Crippen LogP contribution in [-0.4, -0.2) is 40.8 Å². The lowest BCUT2D eigenvalue weighted by Gasteiger charge is -2.33. The Hall–Kier alpha value is -2.39. The Morgan fingerprint density at radius 3 is 2.95 bits per heavy atom. The number of carbonyl (C=O) groups excluding carboxylic acids is 2.